The Morgan fingerprint density at radius 1 is 1.13 bits per heavy atom. The zero-order chi connectivity index (χ0) is 20.3. The first-order valence-corrected chi connectivity index (χ1v) is 10.6. The first kappa shape index (κ1) is 18.9. The van der Waals surface area contributed by atoms with Crippen LogP contribution in [0.2, 0.25) is 0 Å². The molecule has 2 aliphatic rings. The topological polar surface area (TPSA) is 86.4 Å². The van der Waals surface area contributed by atoms with Crippen molar-refractivity contribution in [2.24, 2.45) is 0 Å². The Hall–Kier alpha value is -3.13. The number of nitrogens with zero attached hydrogens (tertiary/aromatic N) is 4. The number of aromatic amines is 1. The molecule has 2 aliphatic heterocycles. The molecular weight excluding hydrogens is 380 g/mol. The Bertz CT molecular complexity index is 979. The Balaban J connectivity index is 1.22. The van der Waals surface area contributed by atoms with E-state index < -0.39 is 0 Å². The van der Waals surface area contributed by atoms with Gasteiger partial charge in [0.1, 0.15) is 11.6 Å². The molecule has 5 rings (SSSR count). The Morgan fingerprint density at radius 3 is 2.80 bits per heavy atom. The summed E-state index contributed by atoms with van der Waals surface area (Å²) >= 11 is 0. The van der Waals surface area contributed by atoms with Crippen molar-refractivity contribution in [3.05, 3.63) is 48.4 Å². The van der Waals surface area contributed by atoms with Crippen molar-refractivity contribution in [1.29, 1.82) is 0 Å². The van der Waals surface area contributed by atoms with Gasteiger partial charge >= 0.3 is 6.03 Å². The van der Waals surface area contributed by atoms with Gasteiger partial charge in [-0.15, -0.1) is 0 Å². The average Bonchev–Trinajstić information content (AvgIpc) is 3.25. The van der Waals surface area contributed by atoms with Crippen LogP contribution >= 0.6 is 0 Å². The van der Waals surface area contributed by atoms with E-state index in [0.29, 0.717) is 12.2 Å². The second kappa shape index (κ2) is 8.31. The van der Waals surface area contributed by atoms with Crippen LogP contribution in [0.4, 0.5) is 16.3 Å². The number of aromatic nitrogens is 3. The van der Waals surface area contributed by atoms with Crippen LogP contribution in [-0.4, -0.2) is 65.3 Å². The molecule has 2 N–H and O–H groups in total. The van der Waals surface area contributed by atoms with Gasteiger partial charge in [0.2, 0.25) is 0 Å². The molecule has 2 fully saturated rings. The van der Waals surface area contributed by atoms with Gasteiger partial charge in [-0.1, -0.05) is 12.1 Å². The molecule has 1 atom stereocenters. The fourth-order valence-corrected chi connectivity index (χ4v) is 4.19. The molecule has 3 aromatic rings. The van der Waals surface area contributed by atoms with Crippen LogP contribution < -0.4 is 10.2 Å². The number of ether oxygens (including phenoxy) is 1. The van der Waals surface area contributed by atoms with E-state index in [1.54, 1.807) is 6.20 Å². The third kappa shape index (κ3) is 3.95. The number of rotatable bonds is 3. The number of pyridine rings is 1. The largest absolute Gasteiger partial charge is 0.378 e. The van der Waals surface area contributed by atoms with E-state index in [4.69, 9.17) is 9.72 Å². The number of piperidine rings is 1. The van der Waals surface area contributed by atoms with Crippen molar-refractivity contribution in [2.75, 3.05) is 49.6 Å². The molecule has 2 amide bonds. The number of carbonyl (C=O) groups excluding carboxylic acids is 1. The second-order valence-corrected chi connectivity index (χ2v) is 7.86. The number of urea groups is 1. The molecule has 0 saturated carbocycles. The lowest BCUT2D eigenvalue weighted by molar-refractivity contribution is 0.122. The van der Waals surface area contributed by atoms with Gasteiger partial charge in [-0.3, -0.25) is 0 Å². The van der Waals surface area contributed by atoms with Gasteiger partial charge in [-0.2, -0.15) is 0 Å². The van der Waals surface area contributed by atoms with Crippen LogP contribution in [-0.2, 0) is 4.74 Å². The van der Waals surface area contributed by atoms with Crippen molar-refractivity contribution < 1.29 is 9.53 Å². The summed E-state index contributed by atoms with van der Waals surface area (Å²) in [6.07, 6.45) is 3.71. The van der Waals surface area contributed by atoms with Crippen LogP contribution in [0.5, 0.6) is 0 Å². The van der Waals surface area contributed by atoms with Crippen LogP contribution in [0.3, 0.4) is 0 Å². The highest BCUT2D eigenvalue weighted by atomic mass is 16.5. The maximum Gasteiger partial charge on any atom is 0.321 e. The SMILES string of the molecule is O=C(Nc1ccc(N2CCOCC2)nc1)N1CCC[C@@H](c2nc3ccccc3[nH]2)C1. The quantitative estimate of drug-likeness (QED) is 0.698. The summed E-state index contributed by atoms with van der Waals surface area (Å²) in [7, 11) is 0. The minimum Gasteiger partial charge on any atom is -0.378 e. The molecule has 0 unspecified atom stereocenters. The number of para-hydroxylation sites is 2. The Morgan fingerprint density at radius 2 is 2.00 bits per heavy atom. The normalized spacial score (nSPS) is 19.8. The molecule has 156 valence electrons. The van der Waals surface area contributed by atoms with Gasteiger partial charge in [-0.25, -0.2) is 14.8 Å². The number of nitrogens with one attached hydrogen (secondary N) is 2. The molecule has 8 nitrogen and oxygen atoms in total. The number of anilines is 2. The highest BCUT2D eigenvalue weighted by molar-refractivity contribution is 5.89. The lowest BCUT2D eigenvalue weighted by Crippen LogP contribution is -2.41. The number of benzene rings is 1. The first-order valence-electron chi connectivity index (χ1n) is 10.6. The lowest BCUT2D eigenvalue weighted by atomic mass is 9.97. The van der Waals surface area contributed by atoms with E-state index in [1.807, 2.05) is 41.3 Å². The molecule has 2 aromatic heterocycles. The minimum atomic E-state index is -0.0864. The number of likely N-dealkylation sites (tertiary alicyclic amines) is 1. The van der Waals surface area contributed by atoms with E-state index in [9.17, 15) is 4.79 Å². The fourth-order valence-electron chi connectivity index (χ4n) is 4.19. The number of morpholine rings is 1. The number of hydrogen-bond donors (Lipinski definition) is 2. The Kier molecular flexibility index (Phi) is 5.23. The number of amides is 2. The van der Waals surface area contributed by atoms with Crippen molar-refractivity contribution in [3.8, 4) is 0 Å². The van der Waals surface area contributed by atoms with Crippen LogP contribution in [0.25, 0.3) is 11.0 Å². The number of carbonyl (C=O) groups is 1. The van der Waals surface area contributed by atoms with Crippen LogP contribution in [0, 0.1) is 0 Å². The second-order valence-electron chi connectivity index (χ2n) is 7.86. The zero-order valence-corrected chi connectivity index (χ0v) is 16.9. The van der Waals surface area contributed by atoms with Crippen LogP contribution in [0.1, 0.15) is 24.6 Å². The number of hydrogen-bond acceptors (Lipinski definition) is 5. The lowest BCUT2D eigenvalue weighted by Gasteiger charge is -2.32. The minimum absolute atomic E-state index is 0.0864. The molecule has 0 radical (unpaired) electrons. The summed E-state index contributed by atoms with van der Waals surface area (Å²) in [5.41, 5.74) is 2.73. The van der Waals surface area contributed by atoms with E-state index in [1.165, 1.54) is 0 Å². The van der Waals surface area contributed by atoms with Gasteiger partial charge in [0.25, 0.3) is 0 Å². The highest BCUT2D eigenvalue weighted by Crippen LogP contribution is 2.27. The molecule has 0 spiro atoms. The first-order chi connectivity index (χ1) is 14.8. The summed E-state index contributed by atoms with van der Waals surface area (Å²) in [5.74, 6) is 2.10. The molecular formula is C22H26N6O2. The van der Waals surface area contributed by atoms with Crippen molar-refractivity contribution in [3.63, 3.8) is 0 Å². The number of H-pyrrole nitrogens is 1. The molecule has 0 bridgehead atoms. The third-order valence-corrected chi connectivity index (χ3v) is 5.84. The smallest absolute Gasteiger partial charge is 0.321 e. The summed E-state index contributed by atoms with van der Waals surface area (Å²) in [6, 6.07) is 11.8. The molecule has 4 heterocycles. The number of imidazole rings is 1. The number of fused-ring (bicyclic) bond motifs is 1. The molecule has 2 saturated heterocycles. The predicted octanol–water partition coefficient (Wildman–Crippen LogP) is 3.21. The van der Waals surface area contributed by atoms with Gasteiger partial charge in [-0.05, 0) is 37.1 Å². The average molecular weight is 406 g/mol. The van der Waals surface area contributed by atoms with E-state index in [0.717, 1.165) is 68.4 Å². The molecule has 0 aliphatic carbocycles. The summed E-state index contributed by atoms with van der Waals surface area (Å²) in [5, 5.41) is 2.99. The standard InChI is InChI=1S/C22H26N6O2/c29-22(24-17-7-8-20(23-14-17)27-10-12-30-13-11-27)28-9-3-4-16(15-28)21-25-18-5-1-2-6-19(18)26-21/h1-2,5-8,14,16H,3-4,9-13,15H2,(H,24,29)(H,25,26)/t16-/m1/s1. The van der Waals surface area contributed by atoms with Gasteiger partial charge in [0.05, 0.1) is 36.1 Å². The molecule has 8 heteroatoms. The fraction of sp³-hybridized carbons (Fsp3) is 0.409. The van der Waals surface area contributed by atoms with Gasteiger partial charge in [0, 0.05) is 32.1 Å². The summed E-state index contributed by atoms with van der Waals surface area (Å²) in [6.45, 7) is 4.54. The zero-order valence-electron chi connectivity index (χ0n) is 16.9. The van der Waals surface area contributed by atoms with Crippen molar-refractivity contribution in [1.82, 2.24) is 19.9 Å². The van der Waals surface area contributed by atoms with Crippen LogP contribution in [0.15, 0.2) is 42.6 Å². The monoisotopic (exact) mass is 406 g/mol. The van der Waals surface area contributed by atoms with Crippen molar-refractivity contribution >= 4 is 28.6 Å². The third-order valence-electron chi connectivity index (χ3n) is 5.84. The van der Waals surface area contributed by atoms with E-state index in [2.05, 4.69) is 20.2 Å². The highest BCUT2D eigenvalue weighted by Gasteiger charge is 2.27. The van der Waals surface area contributed by atoms with E-state index in [-0.39, 0.29) is 11.9 Å². The Labute approximate surface area is 175 Å². The summed E-state index contributed by atoms with van der Waals surface area (Å²) < 4.78 is 5.38. The van der Waals surface area contributed by atoms with Gasteiger partial charge < -0.3 is 24.8 Å². The maximum atomic E-state index is 12.8. The summed E-state index contributed by atoms with van der Waals surface area (Å²) in [4.78, 5) is 29.6. The molecule has 1 aromatic carbocycles. The molecule has 30 heavy (non-hydrogen) atoms. The van der Waals surface area contributed by atoms with Crippen molar-refractivity contribution in [2.45, 2.75) is 18.8 Å². The maximum absolute atomic E-state index is 12.8. The van der Waals surface area contributed by atoms with Gasteiger partial charge in [0.15, 0.2) is 0 Å². The van der Waals surface area contributed by atoms with E-state index >= 15 is 0 Å². The predicted molar refractivity (Wildman–Crippen MR) is 116 cm³/mol.